The Morgan fingerprint density at radius 1 is 1.05 bits per heavy atom. The molecule has 3 nitrogen and oxygen atoms in total. The third kappa shape index (κ3) is 4.07. The van der Waals surface area contributed by atoms with Gasteiger partial charge < -0.3 is 14.8 Å². The second-order valence-electron chi connectivity index (χ2n) is 4.95. The van der Waals surface area contributed by atoms with E-state index in [2.05, 4.69) is 12.2 Å². The van der Waals surface area contributed by atoms with Gasteiger partial charge in [-0.15, -0.1) is 0 Å². The number of rotatable bonds is 6. The van der Waals surface area contributed by atoms with Crippen molar-refractivity contribution in [3.63, 3.8) is 0 Å². The van der Waals surface area contributed by atoms with Crippen LogP contribution in [0.15, 0.2) is 36.4 Å². The minimum absolute atomic E-state index is 0.0840. The number of methoxy groups -OCH3 is 2. The Bertz CT molecular complexity index is 647. The number of ether oxygens (including phenoxy) is 2. The zero-order valence-electron chi connectivity index (χ0n) is 12.8. The van der Waals surface area contributed by atoms with Crippen molar-refractivity contribution < 1.29 is 9.47 Å². The van der Waals surface area contributed by atoms with Crippen LogP contribution in [0.1, 0.15) is 24.1 Å². The van der Waals surface area contributed by atoms with Gasteiger partial charge in [0.05, 0.1) is 14.2 Å². The minimum atomic E-state index is 0.0840. The van der Waals surface area contributed by atoms with Gasteiger partial charge in [-0.2, -0.15) is 0 Å². The second kappa shape index (κ2) is 7.73. The van der Waals surface area contributed by atoms with Crippen molar-refractivity contribution in [2.75, 3.05) is 14.2 Å². The molecule has 1 unspecified atom stereocenters. The average molecular weight is 340 g/mol. The van der Waals surface area contributed by atoms with Crippen LogP contribution < -0.4 is 14.8 Å². The van der Waals surface area contributed by atoms with E-state index in [0.717, 1.165) is 22.6 Å². The van der Waals surface area contributed by atoms with Crippen LogP contribution in [-0.4, -0.2) is 14.2 Å². The van der Waals surface area contributed by atoms with Gasteiger partial charge in [0.25, 0.3) is 0 Å². The van der Waals surface area contributed by atoms with E-state index in [-0.39, 0.29) is 6.04 Å². The molecule has 0 heterocycles. The van der Waals surface area contributed by atoms with Crippen molar-refractivity contribution in [3.8, 4) is 11.5 Å². The molecule has 2 aromatic carbocycles. The minimum Gasteiger partial charge on any atom is -0.497 e. The topological polar surface area (TPSA) is 30.5 Å². The highest BCUT2D eigenvalue weighted by atomic mass is 35.5. The highest BCUT2D eigenvalue weighted by molar-refractivity contribution is 6.35. The lowest BCUT2D eigenvalue weighted by Gasteiger charge is -2.17. The van der Waals surface area contributed by atoms with E-state index in [1.165, 1.54) is 0 Å². The summed E-state index contributed by atoms with van der Waals surface area (Å²) < 4.78 is 10.6. The molecule has 0 aromatic heterocycles. The fourth-order valence-corrected chi connectivity index (χ4v) is 2.82. The Hall–Kier alpha value is -1.42. The standard InChI is InChI=1S/C17H19Cl2NO2/c1-11(15-6-4-13(18)9-16(15)19)20-10-12-8-14(21-2)5-7-17(12)22-3/h4-9,11,20H,10H2,1-3H3. The lowest BCUT2D eigenvalue weighted by molar-refractivity contribution is 0.395. The van der Waals surface area contributed by atoms with E-state index in [1.807, 2.05) is 30.3 Å². The van der Waals surface area contributed by atoms with Crippen LogP contribution >= 0.6 is 23.2 Å². The number of hydrogen-bond acceptors (Lipinski definition) is 3. The van der Waals surface area contributed by atoms with Crippen molar-refractivity contribution in [2.45, 2.75) is 19.5 Å². The van der Waals surface area contributed by atoms with Crippen LogP contribution in [-0.2, 0) is 6.54 Å². The second-order valence-corrected chi connectivity index (χ2v) is 5.79. The molecule has 0 saturated carbocycles. The number of nitrogens with one attached hydrogen (secondary N) is 1. The molecule has 0 radical (unpaired) electrons. The first kappa shape index (κ1) is 16.9. The van der Waals surface area contributed by atoms with Crippen LogP contribution in [0.2, 0.25) is 10.0 Å². The lowest BCUT2D eigenvalue weighted by Crippen LogP contribution is -2.18. The van der Waals surface area contributed by atoms with Gasteiger partial charge in [0.15, 0.2) is 0 Å². The van der Waals surface area contributed by atoms with Crippen molar-refractivity contribution in [1.82, 2.24) is 5.32 Å². The summed E-state index contributed by atoms with van der Waals surface area (Å²) in [6, 6.07) is 11.3. The van der Waals surface area contributed by atoms with E-state index in [4.69, 9.17) is 32.7 Å². The largest absolute Gasteiger partial charge is 0.497 e. The average Bonchev–Trinajstić information content (AvgIpc) is 2.52. The summed E-state index contributed by atoms with van der Waals surface area (Å²) in [4.78, 5) is 0. The van der Waals surface area contributed by atoms with Crippen LogP contribution in [0.5, 0.6) is 11.5 Å². The Morgan fingerprint density at radius 3 is 2.45 bits per heavy atom. The molecule has 0 bridgehead atoms. The molecule has 1 atom stereocenters. The summed E-state index contributed by atoms with van der Waals surface area (Å²) in [6.07, 6.45) is 0. The first-order chi connectivity index (χ1) is 10.5. The molecule has 1 N–H and O–H groups in total. The van der Waals surface area contributed by atoms with Crippen LogP contribution in [0.4, 0.5) is 0 Å². The normalized spacial score (nSPS) is 12.0. The van der Waals surface area contributed by atoms with E-state index in [9.17, 15) is 0 Å². The third-order valence-corrected chi connectivity index (χ3v) is 4.08. The van der Waals surface area contributed by atoms with Crippen molar-refractivity contribution in [3.05, 3.63) is 57.6 Å². The van der Waals surface area contributed by atoms with Gasteiger partial charge in [0, 0.05) is 28.2 Å². The van der Waals surface area contributed by atoms with Crippen LogP contribution in [0, 0.1) is 0 Å². The molecule has 0 aliphatic rings. The third-order valence-electron chi connectivity index (χ3n) is 3.52. The van der Waals surface area contributed by atoms with Gasteiger partial charge in [0.2, 0.25) is 0 Å². The molecule has 0 spiro atoms. The zero-order valence-corrected chi connectivity index (χ0v) is 14.3. The maximum absolute atomic E-state index is 6.24. The Morgan fingerprint density at radius 2 is 1.82 bits per heavy atom. The molecule has 2 aromatic rings. The van der Waals surface area contributed by atoms with Crippen LogP contribution in [0.25, 0.3) is 0 Å². The Labute approximate surface area is 141 Å². The Balaban J connectivity index is 2.12. The van der Waals surface area contributed by atoms with E-state index < -0.39 is 0 Å². The molecule has 0 fully saturated rings. The van der Waals surface area contributed by atoms with Crippen molar-refractivity contribution >= 4 is 23.2 Å². The SMILES string of the molecule is COc1ccc(OC)c(CNC(C)c2ccc(Cl)cc2Cl)c1. The van der Waals surface area contributed by atoms with Gasteiger partial charge in [-0.3, -0.25) is 0 Å². The van der Waals surface area contributed by atoms with Crippen LogP contribution in [0.3, 0.4) is 0 Å². The number of hydrogen-bond donors (Lipinski definition) is 1. The van der Waals surface area contributed by atoms with Gasteiger partial charge in [-0.05, 0) is 42.8 Å². The molecule has 0 aliphatic heterocycles. The summed E-state index contributed by atoms with van der Waals surface area (Å²) in [7, 11) is 3.31. The summed E-state index contributed by atoms with van der Waals surface area (Å²) in [5.74, 6) is 1.62. The molecular weight excluding hydrogens is 321 g/mol. The van der Waals surface area contributed by atoms with Crippen molar-refractivity contribution in [1.29, 1.82) is 0 Å². The maximum atomic E-state index is 6.24. The highest BCUT2D eigenvalue weighted by Crippen LogP contribution is 2.28. The molecule has 0 amide bonds. The molecule has 22 heavy (non-hydrogen) atoms. The molecule has 5 heteroatoms. The highest BCUT2D eigenvalue weighted by Gasteiger charge is 2.11. The molecule has 2 rings (SSSR count). The fraction of sp³-hybridized carbons (Fsp3) is 0.294. The van der Waals surface area contributed by atoms with E-state index >= 15 is 0 Å². The monoisotopic (exact) mass is 339 g/mol. The first-order valence-corrected chi connectivity index (χ1v) is 7.70. The summed E-state index contributed by atoms with van der Waals surface area (Å²) in [5, 5.41) is 4.73. The fourth-order valence-electron chi connectivity index (χ4n) is 2.25. The van der Waals surface area contributed by atoms with E-state index in [1.54, 1.807) is 20.3 Å². The lowest BCUT2D eigenvalue weighted by atomic mass is 10.1. The predicted molar refractivity (Wildman–Crippen MR) is 91.3 cm³/mol. The quantitative estimate of drug-likeness (QED) is 0.814. The van der Waals surface area contributed by atoms with E-state index in [0.29, 0.717) is 16.6 Å². The molecule has 118 valence electrons. The van der Waals surface area contributed by atoms with Gasteiger partial charge in [-0.25, -0.2) is 0 Å². The molecule has 0 aliphatic carbocycles. The number of halogens is 2. The molecular formula is C17H19Cl2NO2. The maximum Gasteiger partial charge on any atom is 0.123 e. The summed E-state index contributed by atoms with van der Waals surface area (Å²) in [5.41, 5.74) is 2.03. The predicted octanol–water partition coefficient (Wildman–Crippen LogP) is 4.86. The number of benzene rings is 2. The Kier molecular flexibility index (Phi) is 5.95. The summed E-state index contributed by atoms with van der Waals surface area (Å²) in [6.45, 7) is 2.70. The van der Waals surface area contributed by atoms with Gasteiger partial charge >= 0.3 is 0 Å². The smallest absolute Gasteiger partial charge is 0.123 e. The van der Waals surface area contributed by atoms with Crippen molar-refractivity contribution in [2.24, 2.45) is 0 Å². The van der Waals surface area contributed by atoms with Gasteiger partial charge in [-0.1, -0.05) is 29.3 Å². The first-order valence-electron chi connectivity index (χ1n) is 6.94. The van der Waals surface area contributed by atoms with Gasteiger partial charge in [0.1, 0.15) is 11.5 Å². The summed E-state index contributed by atoms with van der Waals surface area (Å²) >= 11 is 12.2. The zero-order chi connectivity index (χ0) is 16.1. The molecule has 0 saturated heterocycles.